The Morgan fingerprint density at radius 1 is 1.03 bits per heavy atom. The fourth-order valence-corrected chi connectivity index (χ4v) is 2.78. The van der Waals surface area contributed by atoms with Crippen LogP contribution in [0.3, 0.4) is 0 Å². The van der Waals surface area contributed by atoms with E-state index in [0.717, 1.165) is 5.56 Å². The van der Waals surface area contributed by atoms with E-state index < -0.39 is 29.7 Å². The second-order valence-electron chi connectivity index (χ2n) is 8.72. The number of ketones is 1. The van der Waals surface area contributed by atoms with Crippen molar-refractivity contribution in [2.75, 3.05) is 0 Å². The third-order valence-electron chi connectivity index (χ3n) is 4.05. The lowest BCUT2D eigenvalue weighted by Crippen LogP contribution is -2.53. The van der Waals surface area contributed by atoms with E-state index in [-0.39, 0.29) is 18.1 Å². The maximum Gasteiger partial charge on any atom is 0.408 e. The van der Waals surface area contributed by atoms with E-state index in [4.69, 9.17) is 4.74 Å². The van der Waals surface area contributed by atoms with Gasteiger partial charge in [0, 0.05) is 6.42 Å². The molecule has 29 heavy (non-hydrogen) atoms. The van der Waals surface area contributed by atoms with Crippen LogP contribution in [0.2, 0.25) is 0 Å². The van der Waals surface area contributed by atoms with Gasteiger partial charge in [0.15, 0.2) is 5.78 Å². The normalized spacial score (nSPS) is 13.3. The third kappa shape index (κ3) is 9.41. The smallest absolute Gasteiger partial charge is 0.408 e. The number of nitrogens with one attached hydrogen (secondary N) is 2. The number of benzene rings is 1. The van der Waals surface area contributed by atoms with Crippen LogP contribution < -0.4 is 10.6 Å². The highest BCUT2D eigenvalue weighted by atomic mass is 16.6. The summed E-state index contributed by atoms with van der Waals surface area (Å²) in [5, 5.41) is 5.44. The van der Waals surface area contributed by atoms with E-state index in [1.807, 2.05) is 44.2 Å². The number of carbonyl (C=O) groups is 3. The Morgan fingerprint density at radius 2 is 1.62 bits per heavy atom. The van der Waals surface area contributed by atoms with E-state index >= 15 is 0 Å². The van der Waals surface area contributed by atoms with Crippen LogP contribution in [0.1, 0.15) is 53.5 Å². The van der Waals surface area contributed by atoms with Crippen LogP contribution >= 0.6 is 0 Å². The van der Waals surface area contributed by atoms with E-state index in [2.05, 4.69) is 17.2 Å². The highest BCUT2D eigenvalue weighted by Gasteiger charge is 2.29. The lowest BCUT2D eigenvalue weighted by molar-refractivity contribution is -0.127. The Hall–Kier alpha value is -2.63. The fraction of sp³-hybridized carbons (Fsp3) is 0.522. The molecule has 6 nitrogen and oxygen atoms in total. The van der Waals surface area contributed by atoms with Gasteiger partial charge in [0.05, 0.1) is 6.04 Å². The molecule has 2 unspecified atom stereocenters. The SMILES string of the molecule is C=C(C)C(=O)C(CC(C)C)NC(=O)C(Cc1ccccc1)NC(=O)OC(C)(C)C. The maximum atomic E-state index is 13.0. The van der Waals surface area contributed by atoms with Gasteiger partial charge in [-0.25, -0.2) is 4.79 Å². The largest absolute Gasteiger partial charge is 0.444 e. The Bertz CT molecular complexity index is 720. The van der Waals surface area contributed by atoms with E-state index in [9.17, 15) is 14.4 Å². The molecule has 0 saturated heterocycles. The molecule has 0 spiro atoms. The van der Waals surface area contributed by atoms with Gasteiger partial charge in [-0.05, 0) is 51.2 Å². The van der Waals surface area contributed by atoms with Crippen LogP contribution in [0.4, 0.5) is 4.79 Å². The van der Waals surface area contributed by atoms with Crippen molar-refractivity contribution >= 4 is 17.8 Å². The number of amides is 2. The Balaban J connectivity index is 3.01. The number of ether oxygens (including phenoxy) is 1. The van der Waals surface area contributed by atoms with E-state index in [1.165, 1.54) is 0 Å². The first-order valence-corrected chi connectivity index (χ1v) is 9.92. The van der Waals surface area contributed by atoms with Gasteiger partial charge in [0.25, 0.3) is 0 Å². The predicted molar refractivity (Wildman–Crippen MR) is 115 cm³/mol. The summed E-state index contributed by atoms with van der Waals surface area (Å²) < 4.78 is 5.30. The molecule has 0 aliphatic heterocycles. The molecule has 0 fully saturated rings. The second-order valence-corrected chi connectivity index (χ2v) is 8.72. The van der Waals surface area contributed by atoms with E-state index in [1.54, 1.807) is 27.7 Å². The summed E-state index contributed by atoms with van der Waals surface area (Å²) in [4.78, 5) is 37.8. The Kier molecular flexibility index (Phi) is 9.08. The van der Waals surface area contributed by atoms with Gasteiger partial charge in [0.1, 0.15) is 11.6 Å². The molecule has 1 aromatic rings. The molecule has 0 radical (unpaired) electrons. The zero-order valence-electron chi connectivity index (χ0n) is 18.4. The van der Waals surface area contributed by atoms with Gasteiger partial charge in [-0.2, -0.15) is 0 Å². The summed E-state index contributed by atoms with van der Waals surface area (Å²) >= 11 is 0. The first-order chi connectivity index (χ1) is 13.4. The average molecular weight is 403 g/mol. The molecule has 0 saturated carbocycles. The molecular weight excluding hydrogens is 368 g/mol. The summed E-state index contributed by atoms with van der Waals surface area (Å²) in [5.74, 6) is -0.433. The highest BCUT2D eigenvalue weighted by Crippen LogP contribution is 2.12. The molecule has 0 aromatic heterocycles. The Morgan fingerprint density at radius 3 is 2.10 bits per heavy atom. The molecule has 6 heteroatoms. The van der Waals surface area contributed by atoms with Crippen LogP contribution in [-0.4, -0.2) is 35.5 Å². The molecule has 0 aliphatic rings. The molecule has 1 rings (SSSR count). The molecule has 160 valence electrons. The average Bonchev–Trinajstić information content (AvgIpc) is 2.58. The van der Waals surface area contributed by atoms with Crippen molar-refractivity contribution in [1.29, 1.82) is 0 Å². The highest BCUT2D eigenvalue weighted by molar-refractivity contribution is 6.01. The van der Waals surface area contributed by atoms with Crippen LogP contribution in [0.15, 0.2) is 42.5 Å². The maximum absolute atomic E-state index is 13.0. The van der Waals surface area contributed by atoms with Gasteiger partial charge in [-0.15, -0.1) is 0 Å². The van der Waals surface area contributed by atoms with Gasteiger partial charge in [0.2, 0.25) is 5.91 Å². The minimum Gasteiger partial charge on any atom is -0.444 e. The van der Waals surface area contributed by atoms with Gasteiger partial charge in [-0.3, -0.25) is 9.59 Å². The summed E-state index contributed by atoms with van der Waals surface area (Å²) in [6, 6.07) is 7.81. The molecule has 1 aromatic carbocycles. The fourth-order valence-electron chi connectivity index (χ4n) is 2.78. The lowest BCUT2D eigenvalue weighted by atomic mass is 9.96. The van der Waals surface area contributed by atoms with Crippen molar-refractivity contribution < 1.29 is 19.1 Å². The summed E-state index contributed by atoms with van der Waals surface area (Å²) in [5.41, 5.74) is 0.583. The first kappa shape index (κ1) is 24.4. The minimum absolute atomic E-state index is 0.204. The molecule has 2 N–H and O–H groups in total. The zero-order valence-corrected chi connectivity index (χ0v) is 18.4. The van der Waals surface area contributed by atoms with Crippen molar-refractivity contribution in [2.24, 2.45) is 5.92 Å². The summed E-state index contributed by atoms with van der Waals surface area (Å²) in [7, 11) is 0. The Labute approximate surface area is 174 Å². The van der Waals surface area contributed by atoms with Gasteiger partial charge < -0.3 is 15.4 Å². The number of Topliss-reactive ketones (excluding diaryl/α,β-unsaturated/α-hetero) is 1. The second kappa shape index (κ2) is 10.8. The van der Waals surface area contributed by atoms with Gasteiger partial charge >= 0.3 is 6.09 Å². The quantitative estimate of drug-likeness (QED) is 0.615. The number of hydrogen-bond donors (Lipinski definition) is 2. The monoisotopic (exact) mass is 402 g/mol. The van der Waals surface area contributed by atoms with Crippen molar-refractivity contribution in [3.63, 3.8) is 0 Å². The molecule has 0 heterocycles. The lowest BCUT2D eigenvalue weighted by Gasteiger charge is -2.26. The molecular formula is C23H34N2O4. The number of alkyl carbamates (subject to hydrolysis) is 1. The topological polar surface area (TPSA) is 84.5 Å². The van der Waals surface area contributed by atoms with Gasteiger partial charge in [-0.1, -0.05) is 50.8 Å². The van der Waals surface area contributed by atoms with Crippen LogP contribution in [-0.2, 0) is 20.7 Å². The van der Waals surface area contributed by atoms with Crippen molar-refractivity contribution in [3.05, 3.63) is 48.0 Å². The van der Waals surface area contributed by atoms with Crippen molar-refractivity contribution in [3.8, 4) is 0 Å². The van der Waals surface area contributed by atoms with E-state index in [0.29, 0.717) is 12.0 Å². The van der Waals surface area contributed by atoms with Crippen molar-refractivity contribution in [2.45, 2.75) is 72.1 Å². The summed E-state index contributed by atoms with van der Waals surface area (Å²) in [6.07, 6.45) is 0.0870. The minimum atomic E-state index is -0.875. The zero-order chi connectivity index (χ0) is 22.2. The first-order valence-electron chi connectivity index (χ1n) is 9.92. The van der Waals surface area contributed by atoms with Crippen LogP contribution in [0.25, 0.3) is 0 Å². The predicted octanol–water partition coefficient (Wildman–Crippen LogP) is 3.80. The van der Waals surface area contributed by atoms with Crippen LogP contribution in [0.5, 0.6) is 0 Å². The molecule has 2 atom stereocenters. The van der Waals surface area contributed by atoms with Crippen LogP contribution in [0, 0.1) is 5.92 Å². The standard InChI is InChI=1S/C23H34N2O4/c1-15(2)13-18(20(26)16(3)4)24-21(27)19(14-17-11-9-8-10-12-17)25-22(28)29-23(5,6)7/h8-12,15,18-19H,3,13-14H2,1-2,4-7H3,(H,24,27)(H,25,28). The number of carbonyl (C=O) groups excluding carboxylic acids is 3. The summed E-state index contributed by atoms with van der Waals surface area (Å²) in [6.45, 7) is 14.5. The molecule has 0 bridgehead atoms. The number of rotatable bonds is 9. The number of hydrogen-bond acceptors (Lipinski definition) is 4. The molecule has 2 amide bonds. The molecule has 0 aliphatic carbocycles. The van der Waals surface area contributed by atoms with Crippen molar-refractivity contribution in [1.82, 2.24) is 10.6 Å². The third-order valence-corrected chi connectivity index (χ3v) is 4.05.